The Bertz CT molecular complexity index is 684. The molecule has 0 N–H and O–H groups in total. The number of hydrogen-bond donors (Lipinski definition) is 0. The Hall–Kier alpha value is -1.94. The molecule has 1 aliphatic rings. The standard InChI is InChI=1S/C16H12BrNO2/c17-13-7-3-4-8-14(13)18-9-11-5-1-2-6-12(11)16(18)15(20)10-19/h1-8,10,16H,9H2. The zero-order valence-corrected chi connectivity index (χ0v) is 12.2. The van der Waals surface area contributed by atoms with E-state index >= 15 is 0 Å². The Labute approximate surface area is 125 Å². The third-order valence-electron chi connectivity index (χ3n) is 3.55. The lowest BCUT2D eigenvalue weighted by Crippen LogP contribution is -2.29. The molecule has 100 valence electrons. The van der Waals surface area contributed by atoms with Crippen LogP contribution in [0.2, 0.25) is 0 Å². The van der Waals surface area contributed by atoms with Crippen LogP contribution in [0, 0.1) is 0 Å². The number of aldehydes is 1. The first-order valence-electron chi connectivity index (χ1n) is 6.30. The molecule has 0 saturated carbocycles. The van der Waals surface area contributed by atoms with E-state index in [2.05, 4.69) is 15.9 Å². The summed E-state index contributed by atoms with van der Waals surface area (Å²) in [5, 5.41) is 0. The van der Waals surface area contributed by atoms with Gasteiger partial charge >= 0.3 is 0 Å². The number of ketones is 1. The van der Waals surface area contributed by atoms with Crippen LogP contribution in [0.15, 0.2) is 53.0 Å². The number of rotatable bonds is 3. The Morgan fingerprint density at radius 2 is 1.85 bits per heavy atom. The van der Waals surface area contributed by atoms with Crippen LogP contribution < -0.4 is 4.90 Å². The molecule has 3 nitrogen and oxygen atoms in total. The van der Waals surface area contributed by atoms with Gasteiger partial charge in [-0.15, -0.1) is 0 Å². The first-order chi connectivity index (χ1) is 9.72. The molecule has 0 amide bonds. The Morgan fingerprint density at radius 3 is 2.60 bits per heavy atom. The van der Waals surface area contributed by atoms with E-state index in [9.17, 15) is 9.59 Å². The highest BCUT2D eigenvalue weighted by molar-refractivity contribution is 9.10. The molecule has 3 rings (SSSR count). The number of carbonyl (C=O) groups is 2. The largest absolute Gasteiger partial charge is 0.352 e. The lowest BCUT2D eigenvalue weighted by atomic mass is 10.0. The maximum absolute atomic E-state index is 12.0. The zero-order valence-electron chi connectivity index (χ0n) is 10.6. The molecule has 0 bridgehead atoms. The normalized spacial score (nSPS) is 16.9. The Kier molecular flexibility index (Phi) is 3.40. The van der Waals surface area contributed by atoms with E-state index in [0.717, 1.165) is 21.3 Å². The molecular formula is C16H12BrNO2. The fourth-order valence-electron chi connectivity index (χ4n) is 2.67. The fraction of sp³-hybridized carbons (Fsp3) is 0.125. The van der Waals surface area contributed by atoms with Crippen LogP contribution in [0.5, 0.6) is 0 Å². The molecule has 0 radical (unpaired) electrons. The van der Waals surface area contributed by atoms with Crippen LogP contribution in [0.3, 0.4) is 0 Å². The second-order valence-corrected chi connectivity index (χ2v) is 5.56. The minimum atomic E-state index is -0.526. The average molecular weight is 330 g/mol. The minimum absolute atomic E-state index is 0.411. The summed E-state index contributed by atoms with van der Waals surface area (Å²) in [6.07, 6.45) is 0.413. The fourth-order valence-corrected chi connectivity index (χ4v) is 3.18. The van der Waals surface area contributed by atoms with Crippen molar-refractivity contribution in [3.63, 3.8) is 0 Å². The van der Waals surface area contributed by atoms with Gasteiger partial charge in [0.25, 0.3) is 0 Å². The minimum Gasteiger partial charge on any atom is -0.352 e. The van der Waals surface area contributed by atoms with Gasteiger partial charge in [0.1, 0.15) is 6.04 Å². The summed E-state index contributed by atoms with van der Waals surface area (Å²) >= 11 is 3.51. The van der Waals surface area contributed by atoms with Crippen LogP contribution in [-0.4, -0.2) is 12.1 Å². The predicted octanol–water partition coefficient (Wildman–Crippen LogP) is 3.28. The van der Waals surface area contributed by atoms with Crippen LogP contribution in [-0.2, 0) is 16.1 Å². The lowest BCUT2D eigenvalue weighted by molar-refractivity contribution is -0.130. The molecule has 0 saturated heterocycles. The monoisotopic (exact) mass is 329 g/mol. The first kappa shape index (κ1) is 13.1. The summed E-state index contributed by atoms with van der Waals surface area (Å²) in [6.45, 7) is 0.628. The summed E-state index contributed by atoms with van der Waals surface area (Å²) < 4.78 is 0.913. The molecule has 0 fully saturated rings. The number of carbonyl (C=O) groups excluding carboxylic acids is 2. The van der Waals surface area contributed by atoms with E-state index in [0.29, 0.717) is 12.8 Å². The van der Waals surface area contributed by atoms with E-state index in [4.69, 9.17) is 0 Å². The van der Waals surface area contributed by atoms with Crippen molar-refractivity contribution in [1.29, 1.82) is 0 Å². The van der Waals surface area contributed by atoms with E-state index in [1.807, 2.05) is 53.4 Å². The van der Waals surface area contributed by atoms with Gasteiger partial charge in [-0.25, -0.2) is 0 Å². The van der Waals surface area contributed by atoms with Crippen molar-refractivity contribution in [2.75, 3.05) is 4.90 Å². The van der Waals surface area contributed by atoms with Gasteiger partial charge in [-0.3, -0.25) is 9.59 Å². The summed E-state index contributed by atoms with van der Waals surface area (Å²) in [6, 6.07) is 15.0. The number of hydrogen-bond acceptors (Lipinski definition) is 3. The zero-order chi connectivity index (χ0) is 14.1. The highest BCUT2D eigenvalue weighted by Crippen LogP contribution is 2.40. The van der Waals surface area contributed by atoms with E-state index < -0.39 is 11.8 Å². The van der Waals surface area contributed by atoms with Gasteiger partial charge < -0.3 is 4.90 Å². The summed E-state index contributed by atoms with van der Waals surface area (Å²) in [5.41, 5.74) is 2.92. The number of nitrogens with zero attached hydrogens (tertiary/aromatic N) is 1. The second kappa shape index (κ2) is 5.21. The van der Waals surface area contributed by atoms with Gasteiger partial charge in [-0.05, 0) is 39.2 Å². The molecule has 1 atom stereocenters. The highest BCUT2D eigenvalue weighted by atomic mass is 79.9. The lowest BCUT2D eigenvalue weighted by Gasteiger charge is -2.25. The predicted molar refractivity (Wildman–Crippen MR) is 80.6 cm³/mol. The third-order valence-corrected chi connectivity index (χ3v) is 4.22. The molecule has 1 aliphatic heterocycles. The summed E-state index contributed by atoms with van der Waals surface area (Å²) in [7, 11) is 0. The topological polar surface area (TPSA) is 37.4 Å². The summed E-state index contributed by atoms with van der Waals surface area (Å²) in [4.78, 5) is 25.0. The van der Waals surface area contributed by atoms with E-state index in [1.54, 1.807) is 0 Å². The van der Waals surface area contributed by atoms with Gasteiger partial charge in [-0.2, -0.15) is 0 Å². The smallest absolute Gasteiger partial charge is 0.222 e. The van der Waals surface area contributed by atoms with Gasteiger partial charge in [0, 0.05) is 11.0 Å². The van der Waals surface area contributed by atoms with E-state index in [1.165, 1.54) is 0 Å². The number of para-hydroxylation sites is 1. The van der Waals surface area contributed by atoms with Crippen LogP contribution in [0.25, 0.3) is 0 Å². The molecule has 0 aliphatic carbocycles. The van der Waals surface area contributed by atoms with Crippen LogP contribution in [0.1, 0.15) is 17.2 Å². The molecule has 0 spiro atoms. The number of benzene rings is 2. The van der Waals surface area contributed by atoms with Crippen molar-refractivity contribution in [1.82, 2.24) is 0 Å². The maximum Gasteiger partial charge on any atom is 0.222 e. The molecule has 0 aromatic heterocycles. The Balaban J connectivity index is 2.11. The molecule has 2 aromatic carbocycles. The molecule has 20 heavy (non-hydrogen) atoms. The first-order valence-corrected chi connectivity index (χ1v) is 7.09. The quantitative estimate of drug-likeness (QED) is 0.640. The molecule has 1 unspecified atom stereocenters. The van der Waals surface area contributed by atoms with Crippen molar-refractivity contribution >= 4 is 33.7 Å². The van der Waals surface area contributed by atoms with Gasteiger partial charge in [-0.1, -0.05) is 36.4 Å². The van der Waals surface area contributed by atoms with Crippen molar-refractivity contribution in [3.8, 4) is 0 Å². The maximum atomic E-state index is 12.0. The molecular weight excluding hydrogens is 318 g/mol. The highest BCUT2D eigenvalue weighted by Gasteiger charge is 2.35. The van der Waals surface area contributed by atoms with E-state index in [-0.39, 0.29) is 0 Å². The van der Waals surface area contributed by atoms with Gasteiger partial charge in [0.15, 0.2) is 6.29 Å². The number of fused-ring (bicyclic) bond motifs is 1. The number of anilines is 1. The van der Waals surface area contributed by atoms with Gasteiger partial charge in [0.05, 0.1) is 5.69 Å². The van der Waals surface area contributed by atoms with Crippen LogP contribution >= 0.6 is 15.9 Å². The van der Waals surface area contributed by atoms with Crippen molar-refractivity contribution in [3.05, 3.63) is 64.1 Å². The molecule has 4 heteroatoms. The second-order valence-electron chi connectivity index (χ2n) is 4.70. The Morgan fingerprint density at radius 1 is 1.15 bits per heavy atom. The van der Waals surface area contributed by atoms with Crippen molar-refractivity contribution < 1.29 is 9.59 Å². The summed E-state index contributed by atoms with van der Waals surface area (Å²) in [5.74, 6) is -0.411. The van der Waals surface area contributed by atoms with Crippen molar-refractivity contribution in [2.24, 2.45) is 0 Å². The van der Waals surface area contributed by atoms with Crippen molar-refractivity contribution in [2.45, 2.75) is 12.6 Å². The average Bonchev–Trinajstić information content (AvgIpc) is 2.86. The van der Waals surface area contributed by atoms with Crippen LogP contribution in [0.4, 0.5) is 5.69 Å². The SMILES string of the molecule is O=CC(=O)C1c2ccccc2CN1c1ccccc1Br. The number of halogens is 1. The molecule has 1 heterocycles. The molecule has 2 aromatic rings. The number of Topliss-reactive ketones (excluding diaryl/α,β-unsaturated/α-hetero) is 1. The van der Waals surface area contributed by atoms with Gasteiger partial charge in [0.2, 0.25) is 5.78 Å². The third kappa shape index (κ3) is 2.06.